The van der Waals surface area contributed by atoms with Crippen LogP contribution >= 0.6 is 15.9 Å². The Hall–Kier alpha value is -1.12. The summed E-state index contributed by atoms with van der Waals surface area (Å²) in [5, 5.41) is 2.54. The highest BCUT2D eigenvalue weighted by Gasteiger charge is 2.21. The maximum Gasteiger partial charge on any atom is 0.235 e. The minimum atomic E-state index is -3.70. The van der Waals surface area contributed by atoms with E-state index in [1.165, 1.54) is 18.2 Å². The fourth-order valence-corrected chi connectivity index (χ4v) is 3.89. The summed E-state index contributed by atoms with van der Waals surface area (Å²) in [6.45, 7) is 0.891. The van der Waals surface area contributed by atoms with E-state index in [1.807, 2.05) is 0 Å². The lowest BCUT2D eigenvalue weighted by Crippen LogP contribution is -2.31. The molecule has 6 nitrogen and oxygen atoms in total. The molecule has 1 aromatic rings. The first kappa shape index (κ1) is 16.9. The second-order valence-corrected chi connectivity index (χ2v) is 6.96. The number of hydrogen-bond donors (Lipinski definition) is 2. The third-order valence-electron chi connectivity index (χ3n) is 2.46. The van der Waals surface area contributed by atoms with Crippen LogP contribution in [0.15, 0.2) is 27.6 Å². The molecule has 0 fully saturated rings. The third kappa shape index (κ3) is 5.10. The van der Waals surface area contributed by atoms with Gasteiger partial charge in [0.15, 0.2) is 9.84 Å². The Balaban J connectivity index is 2.67. The summed E-state index contributed by atoms with van der Waals surface area (Å²) in [5.41, 5.74) is 5.99. The molecule has 3 N–H and O–H groups in total. The number of halogens is 1. The summed E-state index contributed by atoms with van der Waals surface area (Å²) in [6.07, 6.45) is 0.633. The van der Waals surface area contributed by atoms with Gasteiger partial charge in [0.2, 0.25) is 5.91 Å². The van der Waals surface area contributed by atoms with E-state index in [9.17, 15) is 13.2 Å². The quantitative estimate of drug-likeness (QED) is 0.554. The zero-order valence-electron chi connectivity index (χ0n) is 11.1. The molecule has 0 aliphatic carbocycles. The van der Waals surface area contributed by atoms with E-state index < -0.39 is 21.5 Å². The molecule has 0 bridgehead atoms. The summed E-state index contributed by atoms with van der Waals surface area (Å²) in [4.78, 5) is 11.7. The maximum atomic E-state index is 12.1. The number of sulfone groups is 1. The fraction of sp³-hybridized carbons (Fsp3) is 0.417. The van der Waals surface area contributed by atoms with Crippen molar-refractivity contribution in [1.82, 2.24) is 5.32 Å². The minimum Gasteiger partial charge on any atom is -0.399 e. The van der Waals surface area contributed by atoms with E-state index in [1.54, 1.807) is 7.11 Å². The molecule has 1 amide bonds. The fourth-order valence-electron chi connectivity index (χ4n) is 1.51. The average molecular weight is 365 g/mol. The second-order valence-electron chi connectivity index (χ2n) is 4.15. The predicted octanol–water partition coefficient (Wildman–Crippen LogP) is 0.958. The molecule has 0 heterocycles. The van der Waals surface area contributed by atoms with E-state index in [-0.39, 0.29) is 4.90 Å². The van der Waals surface area contributed by atoms with Crippen molar-refractivity contribution in [3.63, 3.8) is 0 Å². The normalized spacial score (nSPS) is 11.3. The summed E-state index contributed by atoms with van der Waals surface area (Å²) < 4.78 is 29.4. The SMILES string of the molecule is COCCCNC(=O)CS(=O)(=O)c1ccc(N)cc1Br. The highest BCUT2D eigenvalue weighted by Crippen LogP contribution is 2.25. The number of nitrogens with two attached hydrogens (primary N) is 1. The lowest BCUT2D eigenvalue weighted by molar-refractivity contribution is -0.118. The second kappa shape index (κ2) is 7.61. The van der Waals surface area contributed by atoms with Gasteiger partial charge < -0.3 is 15.8 Å². The summed E-state index contributed by atoms with van der Waals surface area (Å²) in [6, 6.07) is 4.35. The van der Waals surface area contributed by atoms with Crippen molar-refractivity contribution in [1.29, 1.82) is 0 Å². The highest BCUT2D eigenvalue weighted by molar-refractivity contribution is 9.10. The van der Waals surface area contributed by atoms with Gasteiger partial charge >= 0.3 is 0 Å². The number of amides is 1. The van der Waals surface area contributed by atoms with Crippen LogP contribution in [0, 0.1) is 0 Å². The van der Waals surface area contributed by atoms with Crippen molar-refractivity contribution in [2.45, 2.75) is 11.3 Å². The van der Waals surface area contributed by atoms with Gasteiger partial charge in [-0.25, -0.2) is 8.42 Å². The van der Waals surface area contributed by atoms with Crippen LogP contribution in [0.2, 0.25) is 0 Å². The summed E-state index contributed by atoms with van der Waals surface area (Å²) in [5.74, 6) is -1.13. The number of hydrogen-bond acceptors (Lipinski definition) is 5. The smallest absolute Gasteiger partial charge is 0.235 e. The van der Waals surface area contributed by atoms with Crippen LogP contribution in [-0.4, -0.2) is 40.3 Å². The first-order chi connectivity index (χ1) is 9.36. The average Bonchev–Trinajstić information content (AvgIpc) is 2.33. The number of rotatable bonds is 7. The van der Waals surface area contributed by atoms with E-state index >= 15 is 0 Å². The molecular formula is C12H17BrN2O4S. The lowest BCUT2D eigenvalue weighted by atomic mass is 10.3. The molecule has 20 heavy (non-hydrogen) atoms. The molecule has 1 rings (SSSR count). The Kier molecular flexibility index (Phi) is 6.44. The predicted molar refractivity (Wildman–Crippen MR) is 80.1 cm³/mol. The highest BCUT2D eigenvalue weighted by atomic mass is 79.9. The maximum absolute atomic E-state index is 12.1. The molecule has 0 saturated heterocycles. The van der Waals surface area contributed by atoms with Gasteiger partial charge in [-0.05, 0) is 40.5 Å². The lowest BCUT2D eigenvalue weighted by Gasteiger charge is -2.08. The van der Waals surface area contributed by atoms with Gasteiger partial charge in [-0.1, -0.05) is 0 Å². The number of ether oxygens (including phenoxy) is 1. The zero-order chi connectivity index (χ0) is 15.2. The van der Waals surface area contributed by atoms with Crippen LogP contribution in [0.3, 0.4) is 0 Å². The molecule has 0 spiro atoms. The molecule has 112 valence electrons. The summed E-state index contributed by atoms with van der Waals surface area (Å²) in [7, 11) is -2.13. The van der Waals surface area contributed by atoms with Crippen LogP contribution in [0.25, 0.3) is 0 Å². The van der Waals surface area contributed by atoms with E-state index in [0.29, 0.717) is 29.7 Å². The standard InChI is InChI=1S/C12H17BrN2O4S/c1-19-6-2-5-15-12(16)8-20(17,18)11-4-3-9(14)7-10(11)13/h3-4,7H,2,5-6,8,14H2,1H3,(H,15,16). The van der Waals surface area contributed by atoms with Gasteiger partial charge in [-0.3, -0.25) is 4.79 Å². The third-order valence-corrected chi connectivity index (χ3v) is 5.05. The molecule has 0 aliphatic rings. The first-order valence-electron chi connectivity index (χ1n) is 5.90. The van der Waals surface area contributed by atoms with Gasteiger partial charge in [-0.15, -0.1) is 0 Å². The number of anilines is 1. The zero-order valence-corrected chi connectivity index (χ0v) is 13.5. The molecule has 8 heteroatoms. The van der Waals surface area contributed by atoms with Crippen molar-refractivity contribution in [3.8, 4) is 0 Å². The van der Waals surface area contributed by atoms with Crippen molar-refractivity contribution in [2.24, 2.45) is 0 Å². The van der Waals surface area contributed by atoms with Crippen molar-refractivity contribution < 1.29 is 17.9 Å². The van der Waals surface area contributed by atoms with Crippen molar-refractivity contribution >= 4 is 37.4 Å². The van der Waals surface area contributed by atoms with Gasteiger partial charge in [0, 0.05) is 30.4 Å². The van der Waals surface area contributed by atoms with Gasteiger partial charge in [0.1, 0.15) is 5.75 Å². The van der Waals surface area contributed by atoms with Crippen molar-refractivity contribution in [2.75, 3.05) is 31.7 Å². The van der Waals surface area contributed by atoms with Gasteiger partial charge in [0.05, 0.1) is 4.90 Å². The Morgan fingerprint density at radius 3 is 2.75 bits per heavy atom. The number of carbonyl (C=O) groups excluding carboxylic acids is 1. The Morgan fingerprint density at radius 2 is 2.15 bits per heavy atom. The van der Waals surface area contributed by atoms with E-state index in [2.05, 4.69) is 21.2 Å². The van der Waals surface area contributed by atoms with Gasteiger partial charge in [-0.2, -0.15) is 0 Å². The van der Waals surface area contributed by atoms with Crippen LogP contribution in [0.4, 0.5) is 5.69 Å². The van der Waals surface area contributed by atoms with Gasteiger partial charge in [0.25, 0.3) is 0 Å². The molecule has 1 aromatic carbocycles. The van der Waals surface area contributed by atoms with Crippen LogP contribution < -0.4 is 11.1 Å². The minimum absolute atomic E-state index is 0.0544. The van der Waals surface area contributed by atoms with Crippen molar-refractivity contribution in [3.05, 3.63) is 22.7 Å². The molecule has 0 aliphatic heterocycles. The van der Waals surface area contributed by atoms with Crippen LogP contribution in [0.1, 0.15) is 6.42 Å². The molecule has 0 atom stereocenters. The Labute approximate surface area is 126 Å². The van der Waals surface area contributed by atoms with Crippen LogP contribution in [0.5, 0.6) is 0 Å². The number of methoxy groups -OCH3 is 1. The first-order valence-corrected chi connectivity index (χ1v) is 8.35. The largest absolute Gasteiger partial charge is 0.399 e. The molecule has 0 unspecified atom stereocenters. The Morgan fingerprint density at radius 1 is 1.45 bits per heavy atom. The van der Waals surface area contributed by atoms with E-state index in [0.717, 1.165) is 0 Å². The number of benzene rings is 1. The molecular weight excluding hydrogens is 348 g/mol. The number of nitrogen functional groups attached to an aromatic ring is 1. The molecule has 0 radical (unpaired) electrons. The monoisotopic (exact) mass is 364 g/mol. The van der Waals surface area contributed by atoms with E-state index in [4.69, 9.17) is 10.5 Å². The number of carbonyl (C=O) groups is 1. The molecule has 0 saturated carbocycles. The summed E-state index contributed by atoms with van der Waals surface area (Å²) >= 11 is 3.14. The Bertz CT molecular complexity index is 575. The molecule has 0 aromatic heterocycles. The number of nitrogens with one attached hydrogen (secondary N) is 1. The topological polar surface area (TPSA) is 98.5 Å². The van der Waals surface area contributed by atoms with Crippen LogP contribution in [-0.2, 0) is 19.4 Å².